The summed E-state index contributed by atoms with van der Waals surface area (Å²) in [5, 5.41) is 13.5. The van der Waals surface area contributed by atoms with E-state index >= 15 is 0 Å². The Morgan fingerprint density at radius 2 is 1.39 bits per heavy atom. The van der Waals surface area contributed by atoms with E-state index in [0.717, 1.165) is 11.1 Å². The van der Waals surface area contributed by atoms with Crippen LogP contribution in [-0.2, 0) is 15.1 Å². The van der Waals surface area contributed by atoms with Crippen molar-refractivity contribution in [1.82, 2.24) is 0 Å². The number of non-ortho nitro benzene ring substituents is 1. The van der Waals surface area contributed by atoms with Gasteiger partial charge in [0.25, 0.3) is 5.69 Å². The zero-order valence-corrected chi connectivity index (χ0v) is 22.5. The van der Waals surface area contributed by atoms with E-state index < -0.39 is 16.5 Å². The monoisotopic (exact) mass is 526 g/mol. The van der Waals surface area contributed by atoms with E-state index in [4.69, 9.17) is 9.47 Å². The van der Waals surface area contributed by atoms with Gasteiger partial charge in [-0.2, -0.15) is 0 Å². The van der Waals surface area contributed by atoms with Crippen LogP contribution in [0, 0.1) is 24.0 Å². The van der Waals surface area contributed by atoms with Gasteiger partial charge in [-0.15, -0.1) is 0 Å². The number of hydrogen-bond acceptors (Lipinski definition) is 5. The second kappa shape index (κ2) is 9.91. The van der Waals surface area contributed by atoms with Gasteiger partial charge in [0.1, 0.15) is 11.4 Å². The molecule has 0 spiro atoms. The molecule has 0 unspecified atom stereocenters. The van der Waals surface area contributed by atoms with Crippen molar-refractivity contribution >= 4 is 42.3 Å². The Morgan fingerprint density at radius 3 is 1.92 bits per heavy atom. The summed E-state index contributed by atoms with van der Waals surface area (Å²) in [4.78, 5) is 24.4. The van der Waals surface area contributed by atoms with Gasteiger partial charge in [0, 0.05) is 45.5 Å². The Bertz CT molecular complexity index is 1610. The lowest BCUT2D eigenvalue weighted by molar-refractivity contribution is -0.384. The molecule has 5 rings (SSSR count). The van der Waals surface area contributed by atoms with Gasteiger partial charge in [-0.1, -0.05) is 24.3 Å². The zero-order chi connectivity index (χ0) is 27.0. The standard InChI is InChI=1S/C31H28NO5S/c1-20-17-24(38-27-11-7-5-9-25(27)26-10-6-8-12-28(26)38)18-21(2)30(20)36-19-29(33)37-31(3,4)22-13-15-23(16-14-22)32(34)35/h5-18H,19H2,1-4H3/q+1. The van der Waals surface area contributed by atoms with Gasteiger partial charge in [-0.05, 0) is 80.8 Å². The average molecular weight is 527 g/mol. The Hall–Kier alpha value is -4.23. The minimum atomic E-state index is -0.964. The van der Waals surface area contributed by atoms with Crippen LogP contribution in [-0.4, -0.2) is 17.5 Å². The lowest BCUT2D eigenvalue weighted by atomic mass is 9.98. The van der Waals surface area contributed by atoms with Crippen LogP contribution in [0.25, 0.3) is 25.1 Å². The van der Waals surface area contributed by atoms with E-state index in [2.05, 4.69) is 60.7 Å². The largest absolute Gasteiger partial charge is 0.481 e. The number of fused-ring (bicyclic) bond motifs is 3. The van der Waals surface area contributed by atoms with Gasteiger partial charge in [0.2, 0.25) is 0 Å². The van der Waals surface area contributed by atoms with Crippen LogP contribution in [0.15, 0.2) is 84.9 Å². The maximum atomic E-state index is 12.7. The first kappa shape index (κ1) is 25.4. The molecule has 1 aromatic heterocycles. The van der Waals surface area contributed by atoms with Crippen LogP contribution in [0.3, 0.4) is 0 Å². The molecule has 0 saturated carbocycles. The molecule has 7 heteroatoms. The van der Waals surface area contributed by atoms with Crippen molar-refractivity contribution in [3.05, 3.63) is 112 Å². The molecule has 192 valence electrons. The number of aryl methyl sites for hydroxylation is 2. The minimum absolute atomic E-state index is 0.0150. The number of carbonyl (C=O) groups excluding carboxylic acids is 1. The number of carbonyl (C=O) groups is 1. The molecule has 0 aliphatic carbocycles. The molecule has 0 aliphatic heterocycles. The Balaban J connectivity index is 1.36. The third kappa shape index (κ3) is 4.73. The highest BCUT2D eigenvalue weighted by Gasteiger charge is 2.27. The SMILES string of the molecule is Cc1cc(-[s+]2c3ccccc3c3ccccc32)cc(C)c1OCC(=O)OC(C)(C)c1ccc([N+](=O)[O-])cc1. The number of nitro groups is 1. The van der Waals surface area contributed by atoms with Gasteiger partial charge in [-0.25, -0.2) is 4.79 Å². The van der Waals surface area contributed by atoms with Gasteiger partial charge in [0.15, 0.2) is 20.9 Å². The second-order valence-corrected chi connectivity index (χ2v) is 11.7. The van der Waals surface area contributed by atoms with E-state index in [9.17, 15) is 14.9 Å². The summed E-state index contributed by atoms with van der Waals surface area (Å²) in [7, 11) is -0.211. The quantitative estimate of drug-likeness (QED) is 0.0926. The predicted octanol–water partition coefficient (Wildman–Crippen LogP) is 8.11. The molecule has 0 aliphatic rings. The maximum Gasteiger partial charge on any atom is 0.345 e. The molecule has 0 radical (unpaired) electrons. The van der Waals surface area contributed by atoms with Crippen molar-refractivity contribution in [3.63, 3.8) is 0 Å². The number of nitro benzene ring substituents is 1. The normalized spacial score (nSPS) is 11.6. The van der Waals surface area contributed by atoms with Crippen molar-refractivity contribution in [1.29, 1.82) is 0 Å². The topological polar surface area (TPSA) is 78.7 Å². The zero-order valence-electron chi connectivity index (χ0n) is 21.7. The highest BCUT2D eigenvalue weighted by atomic mass is 32.2. The first-order valence-corrected chi connectivity index (χ1v) is 13.5. The fourth-order valence-corrected chi connectivity index (χ4v) is 7.41. The molecule has 1 heterocycles. The van der Waals surface area contributed by atoms with Crippen LogP contribution < -0.4 is 4.74 Å². The highest BCUT2D eigenvalue weighted by Crippen LogP contribution is 2.49. The highest BCUT2D eigenvalue weighted by molar-refractivity contribution is 7.50. The van der Waals surface area contributed by atoms with Gasteiger partial charge >= 0.3 is 5.97 Å². The van der Waals surface area contributed by atoms with E-state index in [-0.39, 0.29) is 22.8 Å². The molecule has 4 aromatic carbocycles. The maximum absolute atomic E-state index is 12.7. The molecular formula is C31H28NO5S+. The summed E-state index contributed by atoms with van der Waals surface area (Å²) >= 11 is 0. The summed E-state index contributed by atoms with van der Waals surface area (Å²) in [6.07, 6.45) is 0. The van der Waals surface area contributed by atoms with Crippen molar-refractivity contribution in [3.8, 4) is 10.6 Å². The third-order valence-corrected chi connectivity index (χ3v) is 8.95. The molecule has 38 heavy (non-hydrogen) atoms. The number of esters is 1. The Kier molecular flexibility index (Phi) is 6.63. The molecule has 5 aromatic rings. The first-order chi connectivity index (χ1) is 18.2. The predicted molar refractivity (Wildman–Crippen MR) is 152 cm³/mol. The Morgan fingerprint density at radius 1 is 0.868 bits per heavy atom. The van der Waals surface area contributed by atoms with Crippen LogP contribution in [0.4, 0.5) is 5.69 Å². The summed E-state index contributed by atoms with van der Waals surface area (Å²) < 4.78 is 14.3. The minimum Gasteiger partial charge on any atom is -0.481 e. The molecular weight excluding hydrogens is 498 g/mol. The van der Waals surface area contributed by atoms with Crippen LogP contribution in [0.1, 0.15) is 30.5 Å². The summed E-state index contributed by atoms with van der Waals surface area (Å²) in [5.41, 5.74) is 1.59. The number of ether oxygens (including phenoxy) is 2. The number of rotatable bonds is 7. The van der Waals surface area contributed by atoms with Gasteiger partial charge in [0.05, 0.1) is 4.92 Å². The lowest BCUT2D eigenvalue weighted by Gasteiger charge is -2.25. The van der Waals surface area contributed by atoms with E-state index in [1.165, 1.54) is 37.2 Å². The van der Waals surface area contributed by atoms with Crippen LogP contribution >= 0.6 is 10.5 Å². The molecule has 0 N–H and O–H groups in total. The lowest BCUT2D eigenvalue weighted by Crippen LogP contribution is -2.28. The fraction of sp³-hybridized carbons (Fsp3) is 0.194. The third-order valence-electron chi connectivity index (χ3n) is 6.65. The smallest absolute Gasteiger partial charge is 0.345 e. The van der Waals surface area contributed by atoms with E-state index in [1.807, 2.05) is 13.8 Å². The van der Waals surface area contributed by atoms with Gasteiger partial charge in [-0.3, -0.25) is 10.1 Å². The van der Waals surface area contributed by atoms with Crippen LogP contribution in [0.5, 0.6) is 5.75 Å². The number of nitrogens with zero attached hydrogens (tertiary/aromatic N) is 1. The molecule has 6 nitrogen and oxygen atoms in total. The summed E-state index contributed by atoms with van der Waals surface area (Å²) in [6, 6.07) is 27.4. The average Bonchev–Trinajstić information content (AvgIpc) is 3.22. The molecule has 0 fully saturated rings. The molecule has 0 bridgehead atoms. The molecule has 0 atom stereocenters. The fourth-order valence-electron chi connectivity index (χ4n) is 4.85. The second-order valence-electron chi connectivity index (χ2n) is 9.76. The summed E-state index contributed by atoms with van der Waals surface area (Å²) in [6.45, 7) is 7.24. The van der Waals surface area contributed by atoms with Crippen molar-refractivity contribution in [2.45, 2.75) is 33.3 Å². The van der Waals surface area contributed by atoms with Gasteiger partial charge < -0.3 is 9.47 Å². The van der Waals surface area contributed by atoms with E-state index in [1.54, 1.807) is 26.0 Å². The first-order valence-electron chi connectivity index (χ1n) is 12.3. The number of hydrogen-bond donors (Lipinski definition) is 0. The van der Waals surface area contributed by atoms with Crippen LogP contribution in [0.2, 0.25) is 0 Å². The van der Waals surface area contributed by atoms with Crippen molar-refractivity contribution in [2.75, 3.05) is 6.61 Å². The summed E-state index contributed by atoms with van der Waals surface area (Å²) in [5.74, 6) is 0.153. The molecule has 0 amide bonds. The Labute approximate surface area is 223 Å². The number of thiophene rings is 1. The van der Waals surface area contributed by atoms with Crippen molar-refractivity contribution in [2.24, 2.45) is 0 Å². The molecule has 0 saturated heterocycles. The van der Waals surface area contributed by atoms with Crippen molar-refractivity contribution < 1.29 is 19.2 Å². The van der Waals surface area contributed by atoms with E-state index in [0.29, 0.717) is 11.3 Å². The number of benzene rings is 4.